The van der Waals surface area contributed by atoms with Gasteiger partial charge in [-0.15, -0.1) is 0 Å². The van der Waals surface area contributed by atoms with Crippen molar-refractivity contribution in [3.8, 4) is 0 Å². The summed E-state index contributed by atoms with van der Waals surface area (Å²) in [5.41, 5.74) is 7.11. The topological polar surface area (TPSA) is 44.9 Å². The molecule has 3 aliphatic heterocycles. The van der Waals surface area contributed by atoms with Crippen LogP contribution in [0.15, 0.2) is 29.3 Å². The van der Waals surface area contributed by atoms with Gasteiger partial charge in [0.15, 0.2) is 5.96 Å². The van der Waals surface area contributed by atoms with Crippen molar-refractivity contribution in [2.24, 2.45) is 10.7 Å². The van der Waals surface area contributed by atoms with Gasteiger partial charge in [0.05, 0.1) is 12.1 Å². The smallest absolute Gasteiger partial charge is 0.196 e. The predicted octanol–water partition coefficient (Wildman–Crippen LogP) is 1.96. The number of piperidine rings is 1. The Morgan fingerprint density at radius 1 is 1.24 bits per heavy atom. The molecule has 1 aromatic carbocycles. The second-order valence-corrected chi connectivity index (χ2v) is 6.50. The van der Waals surface area contributed by atoms with Crippen LogP contribution in [0.2, 0.25) is 0 Å². The van der Waals surface area contributed by atoms with Gasteiger partial charge in [0.1, 0.15) is 5.82 Å². The highest BCUT2D eigenvalue weighted by atomic mass is 19.1. The lowest BCUT2D eigenvalue weighted by molar-refractivity contribution is 0.140. The van der Waals surface area contributed by atoms with Crippen LogP contribution in [0.4, 0.5) is 10.1 Å². The number of nitrogens with two attached hydrogens (primary N) is 1. The number of hydrogen-bond donors (Lipinski definition) is 1. The molecular formula is C16H21FN4. The monoisotopic (exact) mass is 288 g/mol. The molecular weight excluding hydrogens is 267 g/mol. The fourth-order valence-electron chi connectivity index (χ4n) is 4.27. The fraction of sp³-hybridized carbons (Fsp3) is 0.562. The zero-order valence-electron chi connectivity index (χ0n) is 12.1. The van der Waals surface area contributed by atoms with E-state index in [1.54, 1.807) is 0 Å². The molecule has 112 valence electrons. The molecule has 2 fully saturated rings. The molecule has 0 aromatic heterocycles. The number of nitrogens with zero attached hydrogens (tertiary/aromatic N) is 3. The summed E-state index contributed by atoms with van der Waals surface area (Å²) in [7, 11) is 0. The molecule has 0 bridgehead atoms. The predicted molar refractivity (Wildman–Crippen MR) is 81.9 cm³/mol. The van der Waals surface area contributed by atoms with Crippen LogP contribution in [-0.2, 0) is 0 Å². The quantitative estimate of drug-likeness (QED) is 0.859. The second-order valence-electron chi connectivity index (χ2n) is 6.50. The summed E-state index contributed by atoms with van der Waals surface area (Å²) >= 11 is 0. The summed E-state index contributed by atoms with van der Waals surface area (Å²) in [6, 6.07) is 7.28. The largest absolute Gasteiger partial charge is 0.369 e. The second kappa shape index (κ2) is 4.70. The minimum absolute atomic E-state index is 0.00653. The average Bonchev–Trinajstić information content (AvgIpc) is 3.06. The maximum Gasteiger partial charge on any atom is 0.196 e. The van der Waals surface area contributed by atoms with Crippen molar-refractivity contribution in [3.63, 3.8) is 0 Å². The van der Waals surface area contributed by atoms with E-state index in [1.807, 2.05) is 12.1 Å². The molecule has 0 radical (unpaired) electrons. The Morgan fingerprint density at radius 2 is 2.05 bits per heavy atom. The maximum atomic E-state index is 13.2. The number of anilines is 1. The Morgan fingerprint density at radius 3 is 2.86 bits per heavy atom. The van der Waals surface area contributed by atoms with Crippen LogP contribution in [-0.4, -0.2) is 42.1 Å². The first kappa shape index (κ1) is 13.1. The standard InChI is InChI=1S/C16H21FN4/c17-12-3-5-13(6-4-12)21-15(18)19-11-16(21)7-9-20-8-1-2-14(20)10-16/h3-6,14H,1-2,7-11H2,(H2,18,19). The molecule has 1 spiro atoms. The molecule has 2 atom stereocenters. The Bertz CT molecular complexity index is 570. The maximum absolute atomic E-state index is 13.2. The zero-order valence-corrected chi connectivity index (χ0v) is 12.1. The van der Waals surface area contributed by atoms with Crippen molar-refractivity contribution >= 4 is 11.6 Å². The highest BCUT2D eigenvalue weighted by Crippen LogP contribution is 2.41. The van der Waals surface area contributed by atoms with E-state index in [4.69, 9.17) is 5.73 Å². The Hall–Kier alpha value is -1.62. The Labute approximate surface area is 124 Å². The molecule has 2 saturated heterocycles. The van der Waals surface area contributed by atoms with Crippen molar-refractivity contribution in [1.82, 2.24) is 4.90 Å². The molecule has 3 heterocycles. The van der Waals surface area contributed by atoms with Gasteiger partial charge < -0.3 is 15.5 Å². The van der Waals surface area contributed by atoms with E-state index in [1.165, 1.54) is 31.5 Å². The van der Waals surface area contributed by atoms with Gasteiger partial charge in [0.25, 0.3) is 0 Å². The van der Waals surface area contributed by atoms with Gasteiger partial charge in [-0.2, -0.15) is 0 Å². The summed E-state index contributed by atoms with van der Waals surface area (Å²) in [5, 5.41) is 0. The van der Waals surface area contributed by atoms with Gasteiger partial charge >= 0.3 is 0 Å². The van der Waals surface area contributed by atoms with Gasteiger partial charge in [0.2, 0.25) is 0 Å². The van der Waals surface area contributed by atoms with E-state index in [-0.39, 0.29) is 11.4 Å². The van der Waals surface area contributed by atoms with E-state index in [0.29, 0.717) is 12.0 Å². The molecule has 4 nitrogen and oxygen atoms in total. The summed E-state index contributed by atoms with van der Waals surface area (Å²) in [6.45, 7) is 3.11. The average molecular weight is 288 g/mol. The normalized spacial score (nSPS) is 32.5. The lowest BCUT2D eigenvalue weighted by Gasteiger charge is -2.47. The van der Waals surface area contributed by atoms with Gasteiger partial charge in [-0.05, 0) is 56.5 Å². The molecule has 2 unspecified atom stereocenters. The Balaban J connectivity index is 1.66. The van der Waals surface area contributed by atoms with E-state index in [9.17, 15) is 4.39 Å². The van der Waals surface area contributed by atoms with Crippen LogP contribution in [0.5, 0.6) is 0 Å². The fourth-order valence-corrected chi connectivity index (χ4v) is 4.27. The van der Waals surface area contributed by atoms with Crippen molar-refractivity contribution in [2.45, 2.75) is 37.3 Å². The van der Waals surface area contributed by atoms with Crippen LogP contribution in [0.25, 0.3) is 0 Å². The Kier molecular flexibility index (Phi) is 2.92. The molecule has 0 amide bonds. The van der Waals surface area contributed by atoms with E-state index in [2.05, 4.69) is 14.8 Å². The first-order valence-corrected chi connectivity index (χ1v) is 7.78. The number of guanidine groups is 1. The van der Waals surface area contributed by atoms with Gasteiger partial charge in [-0.1, -0.05) is 0 Å². The molecule has 0 aliphatic carbocycles. The van der Waals surface area contributed by atoms with Crippen molar-refractivity contribution in [3.05, 3.63) is 30.1 Å². The van der Waals surface area contributed by atoms with Crippen LogP contribution in [0.3, 0.4) is 0 Å². The highest BCUT2D eigenvalue weighted by molar-refractivity contribution is 5.98. The summed E-state index contributed by atoms with van der Waals surface area (Å²) < 4.78 is 13.2. The number of hydrogen-bond acceptors (Lipinski definition) is 4. The molecule has 1 aromatic rings. The van der Waals surface area contributed by atoms with Crippen LogP contribution in [0.1, 0.15) is 25.7 Å². The molecule has 3 aliphatic rings. The van der Waals surface area contributed by atoms with Gasteiger partial charge in [0, 0.05) is 18.3 Å². The lowest BCUT2D eigenvalue weighted by atomic mass is 9.82. The van der Waals surface area contributed by atoms with Crippen LogP contribution in [0, 0.1) is 5.82 Å². The third kappa shape index (κ3) is 2.02. The van der Waals surface area contributed by atoms with Gasteiger partial charge in [-0.3, -0.25) is 4.99 Å². The minimum atomic E-state index is -0.215. The van der Waals surface area contributed by atoms with Crippen LogP contribution < -0.4 is 10.6 Å². The SMILES string of the molecule is NC1=NCC2(CCN3CCCC3C2)N1c1ccc(F)cc1. The molecule has 0 saturated carbocycles. The molecule has 2 N–H and O–H groups in total. The summed E-state index contributed by atoms with van der Waals surface area (Å²) in [5.74, 6) is 0.362. The highest BCUT2D eigenvalue weighted by Gasteiger charge is 2.49. The summed E-state index contributed by atoms with van der Waals surface area (Å²) in [4.78, 5) is 9.27. The first-order chi connectivity index (χ1) is 10.2. The third-order valence-corrected chi connectivity index (χ3v) is 5.30. The van der Waals surface area contributed by atoms with E-state index in [0.717, 1.165) is 31.6 Å². The van der Waals surface area contributed by atoms with E-state index < -0.39 is 0 Å². The number of aliphatic imine (C=N–C) groups is 1. The van der Waals surface area contributed by atoms with E-state index >= 15 is 0 Å². The van der Waals surface area contributed by atoms with Crippen LogP contribution >= 0.6 is 0 Å². The molecule has 4 rings (SSSR count). The number of fused-ring (bicyclic) bond motifs is 1. The van der Waals surface area contributed by atoms with Crippen molar-refractivity contribution in [1.29, 1.82) is 0 Å². The number of rotatable bonds is 1. The summed E-state index contributed by atoms with van der Waals surface area (Å²) in [6.07, 6.45) is 4.76. The van der Waals surface area contributed by atoms with Gasteiger partial charge in [-0.25, -0.2) is 4.39 Å². The third-order valence-electron chi connectivity index (χ3n) is 5.30. The minimum Gasteiger partial charge on any atom is -0.369 e. The van der Waals surface area contributed by atoms with Crippen molar-refractivity contribution < 1.29 is 4.39 Å². The zero-order chi connectivity index (χ0) is 14.4. The molecule has 5 heteroatoms. The number of halogens is 1. The first-order valence-electron chi connectivity index (χ1n) is 7.78. The lowest BCUT2D eigenvalue weighted by Crippen LogP contribution is -2.59. The number of benzene rings is 1. The van der Waals surface area contributed by atoms with Crippen molar-refractivity contribution in [2.75, 3.05) is 24.5 Å². The molecule has 21 heavy (non-hydrogen) atoms.